The smallest absolute Gasteiger partial charge is 0.356 e. The summed E-state index contributed by atoms with van der Waals surface area (Å²) < 4.78 is 2.77. The van der Waals surface area contributed by atoms with E-state index < -0.39 is 5.97 Å². The molecule has 138 valence electrons. The minimum atomic E-state index is -1.16. The maximum Gasteiger partial charge on any atom is 0.356 e. The number of rotatable bonds is 6. The molecule has 2 heterocycles. The van der Waals surface area contributed by atoms with Gasteiger partial charge in [-0.3, -0.25) is 19.0 Å². The first-order chi connectivity index (χ1) is 12.9. The zero-order chi connectivity index (χ0) is 19.4. The van der Waals surface area contributed by atoms with E-state index in [0.29, 0.717) is 17.1 Å². The molecule has 3 N–H and O–H groups in total. The Kier molecular flexibility index (Phi) is 4.97. The molecule has 3 rings (SSSR count). The van der Waals surface area contributed by atoms with Crippen molar-refractivity contribution in [2.45, 2.75) is 6.54 Å². The first-order valence-corrected chi connectivity index (χ1v) is 7.88. The van der Waals surface area contributed by atoms with Gasteiger partial charge in [0.15, 0.2) is 11.4 Å². The van der Waals surface area contributed by atoms with Crippen LogP contribution in [0.5, 0.6) is 0 Å². The van der Waals surface area contributed by atoms with Crippen LogP contribution in [-0.2, 0) is 18.4 Å². The van der Waals surface area contributed by atoms with Gasteiger partial charge >= 0.3 is 5.97 Å². The van der Waals surface area contributed by atoms with Gasteiger partial charge in [-0.2, -0.15) is 10.2 Å². The number of hydrogen-bond donors (Lipinski definition) is 3. The van der Waals surface area contributed by atoms with Gasteiger partial charge in [-0.1, -0.05) is 0 Å². The maximum absolute atomic E-state index is 12.0. The van der Waals surface area contributed by atoms with E-state index >= 15 is 0 Å². The summed E-state index contributed by atoms with van der Waals surface area (Å²) in [5, 5.41) is 22.0. The van der Waals surface area contributed by atoms with Crippen LogP contribution in [0.15, 0.2) is 48.8 Å². The Labute approximate surface area is 153 Å². The second-order valence-corrected chi connectivity index (χ2v) is 5.66. The summed E-state index contributed by atoms with van der Waals surface area (Å²) in [5.41, 5.74) is 1.26. The number of carboxylic acids is 1. The molecule has 27 heavy (non-hydrogen) atoms. The number of nitrogens with zero attached hydrogens (tertiary/aromatic N) is 4. The van der Waals surface area contributed by atoms with Crippen molar-refractivity contribution in [1.29, 1.82) is 0 Å². The Balaban J connectivity index is 1.55. The molecule has 0 unspecified atom stereocenters. The predicted octanol–water partition coefficient (Wildman–Crippen LogP) is 1.21. The number of carbonyl (C=O) groups is 3. The van der Waals surface area contributed by atoms with Crippen LogP contribution in [0.2, 0.25) is 0 Å². The highest BCUT2D eigenvalue weighted by molar-refractivity contribution is 6.03. The quantitative estimate of drug-likeness (QED) is 0.599. The number of anilines is 2. The van der Waals surface area contributed by atoms with Gasteiger partial charge < -0.3 is 15.7 Å². The Morgan fingerprint density at radius 2 is 1.56 bits per heavy atom. The molecule has 10 nitrogen and oxygen atoms in total. The molecule has 2 aromatic heterocycles. The summed E-state index contributed by atoms with van der Waals surface area (Å²) >= 11 is 0. The fourth-order valence-corrected chi connectivity index (χ4v) is 2.28. The number of carbonyl (C=O) groups excluding carboxylic acids is 2. The van der Waals surface area contributed by atoms with Gasteiger partial charge in [-0.05, 0) is 36.4 Å². The summed E-state index contributed by atoms with van der Waals surface area (Å²) in [6.07, 6.45) is 3.09. The predicted molar refractivity (Wildman–Crippen MR) is 95.4 cm³/mol. The van der Waals surface area contributed by atoms with Crippen molar-refractivity contribution in [2.75, 3.05) is 10.6 Å². The van der Waals surface area contributed by atoms with Gasteiger partial charge in [-0.25, -0.2) is 4.79 Å². The topological polar surface area (TPSA) is 131 Å². The molecule has 2 amide bonds. The number of aromatic carboxylic acids is 1. The van der Waals surface area contributed by atoms with Crippen molar-refractivity contribution < 1.29 is 19.5 Å². The molecular weight excluding hydrogens is 352 g/mol. The van der Waals surface area contributed by atoms with Crippen LogP contribution in [0, 0.1) is 0 Å². The van der Waals surface area contributed by atoms with Crippen LogP contribution in [0.25, 0.3) is 0 Å². The van der Waals surface area contributed by atoms with Gasteiger partial charge in [-0.15, -0.1) is 0 Å². The summed E-state index contributed by atoms with van der Waals surface area (Å²) in [4.78, 5) is 34.8. The van der Waals surface area contributed by atoms with E-state index in [2.05, 4.69) is 20.8 Å². The maximum atomic E-state index is 12.0. The third kappa shape index (κ3) is 4.57. The summed E-state index contributed by atoms with van der Waals surface area (Å²) in [5.74, 6) is -1.85. The third-order valence-electron chi connectivity index (χ3n) is 3.54. The standard InChI is InChI=1S/C17H16N6O4/c1-22-8-6-13(20-22)16(25)19-12-4-2-11(3-5-12)18-15(24)10-23-9-7-14(21-23)17(26)27/h2-9H,10H2,1H3,(H,18,24)(H,19,25)(H,26,27). The zero-order valence-electron chi connectivity index (χ0n) is 14.3. The molecule has 0 spiro atoms. The lowest BCUT2D eigenvalue weighted by molar-refractivity contribution is -0.116. The van der Waals surface area contributed by atoms with Crippen LogP contribution in [0.3, 0.4) is 0 Å². The second-order valence-electron chi connectivity index (χ2n) is 5.66. The van der Waals surface area contributed by atoms with Crippen molar-refractivity contribution in [2.24, 2.45) is 7.05 Å². The van der Waals surface area contributed by atoms with Crippen molar-refractivity contribution >= 4 is 29.2 Å². The SMILES string of the molecule is Cn1ccc(C(=O)Nc2ccc(NC(=O)Cn3ccc(C(=O)O)n3)cc2)n1. The molecule has 0 aliphatic carbocycles. The molecule has 0 bridgehead atoms. The van der Waals surface area contributed by atoms with Crippen molar-refractivity contribution in [1.82, 2.24) is 19.6 Å². The highest BCUT2D eigenvalue weighted by Gasteiger charge is 2.11. The average molecular weight is 368 g/mol. The van der Waals surface area contributed by atoms with E-state index in [1.807, 2.05) is 0 Å². The molecule has 1 aromatic carbocycles. The second kappa shape index (κ2) is 7.52. The Bertz CT molecular complexity index is 989. The summed E-state index contributed by atoms with van der Waals surface area (Å²) in [7, 11) is 1.72. The third-order valence-corrected chi connectivity index (χ3v) is 3.54. The van der Waals surface area contributed by atoms with Gasteiger partial charge in [0.25, 0.3) is 5.91 Å². The molecule has 0 radical (unpaired) electrons. The zero-order valence-corrected chi connectivity index (χ0v) is 14.3. The molecule has 0 saturated heterocycles. The highest BCUT2D eigenvalue weighted by Crippen LogP contribution is 2.14. The number of carboxylic acid groups (broad SMARTS) is 1. The minimum absolute atomic E-state index is 0.120. The first kappa shape index (κ1) is 17.9. The fourth-order valence-electron chi connectivity index (χ4n) is 2.28. The van der Waals surface area contributed by atoms with E-state index in [4.69, 9.17) is 5.11 Å². The molecule has 0 atom stereocenters. The lowest BCUT2D eigenvalue weighted by Gasteiger charge is -2.07. The Morgan fingerprint density at radius 3 is 2.11 bits per heavy atom. The largest absolute Gasteiger partial charge is 0.476 e. The van der Waals surface area contributed by atoms with Crippen LogP contribution >= 0.6 is 0 Å². The van der Waals surface area contributed by atoms with Gasteiger partial charge in [0.2, 0.25) is 5.91 Å². The number of benzene rings is 1. The van der Waals surface area contributed by atoms with E-state index in [-0.39, 0.29) is 24.1 Å². The highest BCUT2D eigenvalue weighted by atomic mass is 16.4. The summed E-state index contributed by atoms with van der Waals surface area (Å²) in [6, 6.07) is 9.48. The number of amides is 2. The molecule has 0 fully saturated rings. The Hall–Kier alpha value is -3.95. The van der Waals surface area contributed by atoms with Crippen LogP contribution in [0.1, 0.15) is 21.0 Å². The molecular formula is C17H16N6O4. The number of nitrogens with one attached hydrogen (secondary N) is 2. The van der Waals surface area contributed by atoms with E-state index in [9.17, 15) is 14.4 Å². The Morgan fingerprint density at radius 1 is 0.926 bits per heavy atom. The lowest BCUT2D eigenvalue weighted by Crippen LogP contribution is -2.19. The van der Waals surface area contributed by atoms with E-state index in [0.717, 1.165) is 0 Å². The van der Waals surface area contributed by atoms with Crippen molar-refractivity contribution in [3.05, 3.63) is 60.2 Å². The van der Waals surface area contributed by atoms with Gasteiger partial charge in [0, 0.05) is 30.8 Å². The number of aromatic nitrogens is 4. The lowest BCUT2D eigenvalue weighted by atomic mass is 10.2. The molecule has 3 aromatic rings. The monoisotopic (exact) mass is 368 g/mol. The van der Waals surface area contributed by atoms with E-state index in [1.54, 1.807) is 43.6 Å². The van der Waals surface area contributed by atoms with Gasteiger partial charge in [0.1, 0.15) is 6.54 Å². The molecule has 0 saturated carbocycles. The van der Waals surface area contributed by atoms with Crippen molar-refractivity contribution in [3.63, 3.8) is 0 Å². The van der Waals surface area contributed by atoms with Crippen LogP contribution < -0.4 is 10.6 Å². The van der Waals surface area contributed by atoms with E-state index in [1.165, 1.54) is 21.6 Å². The normalized spacial score (nSPS) is 10.4. The van der Waals surface area contributed by atoms with Crippen LogP contribution in [-0.4, -0.2) is 42.5 Å². The van der Waals surface area contributed by atoms with Crippen LogP contribution in [0.4, 0.5) is 11.4 Å². The summed E-state index contributed by atoms with van der Waals surface area (Å²) in [6.45, 7) is -0.120. The number of aryl methyl sites for hydroxylation is 1. The fraction of sp³-hybridized carbons (Fsp3) is 0.118. The molecule has 0 aliphatic heterocycles. The molecule has 0 aliphatic rings. The van der Waals surface area contributed by atoms with Crippen molar-refractivity contribution in [3.8, 4) is 0 Å². The minimum Gasteiger partial charge on any atom is -0.476 e. The van der Waals surface area contributed by atoms with Gasteiger partial charge in [0.05, 0.1) is 0 Å². The average Bonchev–Trinajstić information content (AvgIpc) is 3.26. The number of hydrogen-bond acceptors (Lipinski definition) is 5. The first-order valence-electron chi connectivity index (χ1n) is 7.88. The molecule has 10 heteroatoms.